The molecule has 0 radical (unpaired) electrons. The Balaban J connectivity index is 1.84. The molecule has 0 spiro atoms. The van der Waals surface area contributed by atoms with Gasteiger partial charge in [-0.25, -0.2) is 0 Å². The van der Waals surface area contributed by atoms with Crippen molar-refractivity contribution in [3.63, 3.8) is 0 Å². The van der Waals surface area contributed by atoms with Crippen molar-refractivity contribution < 1.29 is 9.84 Å². The van der Waals surface area contributed by atoms with Crippen molar-refractivity contribution in [2.75, 3.05) is 0 Å². The Morgan fingerprint density at radius 1 is 1.40 bits per heavy atom. The first-order valence-electron chi connectivity index (χ1n) is 6.61. The highest BCUT2D eigenvalue weighted by Crippen LogP contribution is 2.28. The zero-order valence-electron chi connectivity index (χ0n) is 11.6. The van der Waals surface area contributed by atoms with Crippen LogP contribution in [0.15, 0.2) is 22.7 Å². The fourth-order valence-corrected chi connectivity index (χ4v) is 3.10. The number of hydrogen-bond donors (Lipinski definition) is 1. The molecular weight excluding hydrogens is 320 g/mol. The number of aromatic nitrogens is 2. The molecule has 0 saturated heterocycles. The highest BCUT2D eigenvalue weighted by atomic mass is 79.9. The van der Waals surface area contributed by atoms with Crippen LogP contribution >= 0.6 is 15.9 Å². The lowest BCUT2D eigenvalue weighted by Gasteiger charge is -2.13. The van der Waals surface area contributed by atoms with Crippen LogP contribution in [0.5, 0.6) is 0 Å². The minimum absolute atomic E-state index is 0.535. The van der Waals surface area contributed by atoms with E-state index in [4.69, 9.17) is 4.74 Å². The van der Waals surface area contributed by atoms with E-state index in [0.29, 0.717) is 19.6 Å². The number of benzene rings is 1. The molecule has 1 unspecified atom stereocenters. The molecule has 20 heavy (non-hydrogen) atoms. The number of aliphatic hydroxyl groups excluding tert-OH is 1. The van der Waals surface area contributed by atoms with Crippen LogP contribution in [-0.4, -0.2) is 14.9 Å². The Hall–Kier alpha value is -1.17. The second-order valence-corrected chi connectivity index (χ2v) is 6.00. The lowest BCUT2D eigenvalue weighted by atomic mass is 10.00. The second kappa shape index (κ2) is 5.31. The highest BCUT2D eigenvalue weighted by molar-refractivity contribution is 9.10. The molecule has 0 fully saturated rings. The summed E-state index contributed by atoms with van der Waals surface area (Å²) in [6.45, 7) is 3.27. The average molecular weight is 337 g/mol. The van der Waals surface area contributed by atoms with Gasteiger partial charge in [0.1, 0.15) is 0 Å². The van der Waals surface area contributed by atoms with Crippen LogP contribution in [0.25, 0.3) is 0 Å². The maximum Gasteiger partial charge on any atom is 0.0845 e. The van der Waals surface area contributed by atoms with Crippen molar-refractivity contribution in [3.8, 4) is 0 Å². The normalized spacial score (nSPS) is 15.4. The Morgan fingerprint density at radius 2 is 2.15 bits per heavy atom. The van der Waals surface area contributed by atoms with E-state index in [2.05, 4.69) is 21.0 Å². The topological polar surface area (TPSA) is 47.3 Å². The third-order valence-electron chi connectivity index (χ3n) is 3.78. The molecule has 0 bridgehead atoms. The first-order chi connectivity index (χ1) is 9.56. The maximum atomic E-state index is 10.5. The summed E-state index contributed by atoms with van der Waals surface area (Å²) >= 11 is 3.54. The summed E-state index contributed by atoms with van der Waals surface area (Å²) in [7, 11) is 1.90. The number of nitrogens with zero attached hydrogens (tertiary/aromatic N) is 2. The number of fused-ring (bicyclic) bond motifs is 1. The quantitative estimate of drug-likeness (QED) is 0.937. The van der Waals surface area contributed by atoms with Crippen molar-refractivity contribution >= 4 is 15.9 Å². The lowest BCUT2D eigenvalue weighted by Crippen LogP contribution is -2.07. The van der Waals surface area contributed by atoms with Gasteiger partial charge in [0, 0.05) is 13.5 Å². The van der Waals surface area contributed by atoms with Crippen molar-refractivity contribution in [2.45, 2.75) is 32.7 Å². The molecule has 0 saturated carbocycles. The third-order valence-corrected chi connectivity index (χ3v) is 4.81. The van der Waals surface area contributed by atoms with Gasteiger partial charge in [0.2, 0.25) is 0 Å². The molecule has 2 heterocycles. The van der Waals surface area contributed by atoms with Gasteiger partial charge in [-0.1, -0.05) is 18.2 Å². The van der Waals surface area contributed by atoms with Crippen LogP contribution in [0.2, 0.25) is 0 Å². The molecule has 1 aromatic heterocycles. The van der Waals surface area contributed by atoms with Crippen LogP contribution < -0.4 is 0 Å². The van der Waals surface area contributed by atoms with E-state index < -0.39 is 6.10 Å². The van der Waals surface area contributed by atoms with E-state index in [-0.39, 0.29) is 0 Å². The molecule has 0 amide bonds. The molecule has 2 aromatic rings. The van der Waals surface area contributed by atoms with Gasteiger partial charge in [-0.2, -0.15) is 5.10 Å². The average Bonchev–Trinajstić information content (AvgIpc) is 2.98. The molecule has 1 aliphatic rings. The smallest absolute Gasteiger partial charge is 0.0845 e. The molecule has 1 aromatic carbocycles. The number of halogens is 1. The van der Waals surface area contributed by atoms with E-state index >= 15 is 0 Å². The van der Waals surface area contributed by atoms with E-state index in [0.717, 1.165) is 21.4 Å². The van der Waals surface area contributed by atoms with Gasteiger partial charge >= 0.3 is 0 Å². The Bertz CT molecular complexity index is 652. The third kappa shape index (κ3) is 2.41. The SMILES string of the molecule is Cc1nn(C)c(CC(O)c2ccc3c(c2)COC3)c1Br. The minimum Gasteiger partial charge on any atom is -0.388 e. The molecular formula is C15H17BrN2O2. The standard InChI is InChI=1S/C15H17BrN2O2/c1-9-15(16)13(18(2)17-9)6-14(19)10-3-4-11-7-20-8-12(11)5-10/h3-5,14,19H,6-8H2,1-2H3. The summed E-state index contributed by atoms with van der Waals surface area (Å²) in [5, 5.41) is 14.8. The molecule has 1 N–H and O–H groups in total. The summed E-state index contributed by atoms with van der Waals surface area (Å²) in [4.78, 5) is 0. The van der Waals surface area contributed by atoms with Gasteiger partial charge in [-0.05, 0) is 39.5 Å². The number of rotatable bonds is 3. The number of ether oxygens (including phenoxy) is 1. The van der Waals surface area contributed by atoms with Crippen molar-refractivity contribution in [1.29, 1.82) is 0 Å². The lowest BCUT2D eigenvalue weighted by molar-refractivity contribution is 0.134. The van der Waals surface area contributed by atoms with Crippen LogP contribution in [0, 0.1) is 6.92 Å². The maximum absolute atomic E-state index is 10.5. The Morgan fingerprint density at radius 3 is 2.85 bits per heavy atom. The van der Waals surface area contributed by atoms with Gasteiger partial charge < -0.3 is 9.84 Å². The first-order valence-corrected chi connectivity index (χ1v) is 7.41. The van der Waals surface area contributed by atoms with E-state index in [1.54, 1.807) is 0 Å². The first kappa shape index (κ1) is 13.8. The second-order valence-electron chi connectivity index (χ2n) is 5.21. The molecule has 5 heteroatoms. The Labute approximate surface area is 126 Å². The summed E-state index contributed by atoms with van der Waals surface area (Å²) in [5.74, 6) is 0. The highest BCUT2D eigenvalue weighted by Gasteiger charge is 2.18. The van der Waals surface area contributed by atoms with Crippen molar-refractivity contribution in [3.05, 3.63) is 50.8 Å². The van der Waals surface area contributed by atoms with Crippen LogP contribution in [-0.2, 0) is 31.4 Å². The summed E-state index contributed by atoms with van der Waals surface area (Å²) in [6, 6.07) is 6.07. The van der Waals surface area contributed by atoms with Gasteiger partial charge in [0.25, 0.3) is 0 Å². The summed E-state index contributed by atoms with van der Waals surface area (Å²) in [6.07, 6.45) is 0.00407. The summed E-state index contributed by atoms with van der Waals surface area (Å²) in [5.41, 5.74) is 5.28. The zero-order valence-corrected chi connectivity index (χ0v) is 13.1. The van der Waals surface area contributed by atoms with E-state index in [1.165, 1.54) is 11.1 Å². The number of aryl methyl sites for hydroxylation is 2. The molecule has 1 aliphatic heterocycles. The zero-order chi connectivity index (χ0) is 14.3. The molecule has 106 valence electrons. The monoisotopic (exact) mass is 336 g/mol. The van der Waals surface area contributed by atoms with Gasteiger partial charge in [-0.3, -0.25) is 4.68 Å². The minimum atomic E-state index is -0.535. The van der Waals surface area contributed by atoms with Gasteiger partial charge in [0.05, 0.1) is 35.2 Å². The predicted molar refractivity (Wildman–Crippen MR) is 79.2 cm³/mol. The van der Waals surface area contributed by atoms with E-state index in [1.807, 2.05) is 36.9 Å². The molecule has 4 nitrogen and oxygen atoms in total. The van der Waals surface area contributed by atoms with Crippen LogP contribution in [0.3, 0.4) is 0 Å². The summed E-state index contributed by atoms with van der Waals surface area (Å²) < 4.78 is 8.20. The van der Waals surface area contributed by atoms with Gasteiger partial charge in [0.15, 0.2) is 0 Å². The molecule has 0 aliphatic carbocycles. The van der Waals surface area contributed by atoms with Gasteiger partial charge in [-0.15, -0.1) is 0 Å². The van der Waals surface area contributed by atoms with Crippen molar-refractivity contribution in [2.24, 2.45) is 7.05 Å². The number of hydrogen-bond acceptors (Lipinski definition) is 3. The number of aliphatic hydroxyl groups is 1. The fourth-order valence-electron chi connectivity index (χ4n) is 2.60. The van der Waals surface area contributed by atoms with Crippen LogP contribution in [0.4, 0.5) is 0 Å². The molecule has 3 rings (SSSR count). The van der Waals surface area contributed by atoms with Crippen LogP contribution in [0.1, 0.15) is 34.2 Å². The Kier molecular flexibility index (Phi) is 3.67. The molecule has 1 atom stereocenters. The van der Waals surface area contributed by atoms with E-state index in [9.17, 15) is 5.11 Å². The fraction of sp³-hybridized carbons (Fsp3) is 0.400. The predicted octanol–water partition coefficient (Wildman–Crippen LogP) is 2.80. The largest absolute Gasteiger partial charge is 0.388 e. The van der Waals surface area contributed by atoms with Crippen molar-refractivity contribution in [1.82, 2.24) is 9.78 Å².